The molecule has 0 aliphatic rings. The van der Waals surface area contributed by atoms with E-state index in [9.17, 15) is 0 Å². The summed E-state index contributed by atoms with van der Waals surface area (Å²) in [7, 11) is 0. The van der Waals surface area contributed by atoms with E-state index in [1.165, 1.54) is 21.8 Å². The zero-order valence-corrected chi connectivity index (χ0v) is 16.1. The van der Waals surface area contributed by atoms with E-state index in [-0.39, 0.29) is 0 Å². The van der Waals surface area contributed by atoms with Gasteiger partial charge in [-0.05, 0) is 42.5 Å². The molecule has 0 spiro atoms. The molecule has 0 radical (unpaired) electrons. The fourth-order valence-electron chi connectivity index (χ4n) is 4.02. The highest BCUT2D eigenvalue weighted by molar-refractivity contribution is 6.09. The third-order valence-corrected chi connectivity index (χ3v) is 5.38. The minimum atomic E-state index is 0.511. The van der Waals surface area contributed by atoms with Crippen molar-refractivity contribution in [3.8, 4) is 28.6 Å². The molecule has 0 fully saturated rings. The van der Waals surface area contributed by atoms with Crippen molar-refractivity contribution in [3.05, 3.63) is 103 Å². The molecule has 0 N–H and O–H groups in total. The average Bonchev–Trinajstić information content (AvgIpc) is 3.43. The predicted octanol–water partition coefficient (Wildman–Crippen LogP) is 6.50. The van der Waals surface area contributed by atoms with Crippen LogP contribution in [0.3, 0.4) is 0 Å². The van der Waals surface area contributed by atoms with Crippen molar-refractivity contribution in [2.24, 2.45) is 0 Å². The molecular formula is C26H17N3O. The molecular weight excluding hydrogens is 370 g/mol. The summed E-state index contributed by atoms with van der Waals surface area (Å²) in [5, 5.41) is 11.0. The van der Waals surface area contributed by atoms with Crippen LogP contribution in [0, 0.1) is 0 Å². The molecule has 0 saturated heterocycles. The smallest absolute Gasteiger partial charge is 0.248 e. The summed E-state index contributed by atoms with van der Waals surface area (Å²) < 4.78 is 8.25. The molecule has 2 aromatic heterocycles. The van der Waals surface area contributed by atoms with E-state index in [1.54, 1.807) is 0 Å². The van der Waals surface area contributed by atoms with Gasteiger partial charge in [0.15, 0.2) is 0 Å². The van der Waals surface area contributed by atoms with Crippen LogP contribution in [0.5, 0.6) is 0 Å². The van der Waals surface area contributed by atoms with Crippen LogP contribution in [0.2, 0.25) is 0 Å². The zero-order valence-electron chi connectivity index (χ0n) is 16.1. The van der Waals surface area contributed by atoms with Crippen molar-refractivity contribution in [2.45, 2.75) is 0 Å². The molecule has 6 aromatic rings. The first-order valence-electron chi connectivity index (χ1n) is 9.86. The molecule has 0 aliphatic carbocycles. The van der Waals surface area contributed by atoms with Crippen molar-refractivity contribution in [2.75, 3.05) is 0 Å². The second kappa shape index (κ2) is 6.71. The fourth-order valence-corrected chi connectivity index (χ4v) is 4.02. The second-order valence-electron chi connectivity index (χ2n) is 7.20. The molecule has 142 valence electrons. The number of para-hydroxylation sites is 2. The predicted molar refractivity (Wildman–Crippen MR) is 120 cm³/mol. The Balaban J connectivity index is 1.51. The highest BCUT2D eigenvalue weighted by Gasteiger charge is 2.14. The van der Waals surface area contributed by atoms with Gasteiger partial charge in [-0.15, -0.1) is 10.2 Å². The minimum Gasteiger partial charge on any atom is -0.416 e. The third-order valence-electron chi connectivity index (χ3n) is 5.38. The van der Waals surface area contributed by atoms with Crippen LogP contribution in [0.4, 0.5) is 0 Å². The number of rotatable bonds is 3. The Morgan fingerprint density at radius 3 is 1.80 bits per heavy atom. The lowest BCUT2D eigenvalue weighted by atomic mass is 10.2. The van der Waals surface area contributed by atoms with Gasteiger partial charge < -0.3 is 8.98 Å². The van der Waals surface area contributed by atoms with Gasteiger partial charge in [-0.2, -0.15) is 0 Å². The lowest BCUT2D eigenvalue weighted by molar-refractivity contribution is 0.584. The molecule has 4 heteroatoms. The first-order chi connectivity index (χ1) is 14.9. The number of hydrogen-bond acceptors (Lipinski definition) is 3. The largest absolute Gasteiger partial charge is 0.416 e. The summed E-state index contributed by atoms with van der Waals surface area (Å²) in [6.07, 6.45) is 0. The van der Waals surface area contributed by atoms with E-state index in [0.29, 0.717) is 11.8 Å². The van der Waals surface area contributed by atoms with Gasteiger partial charge in [-0.3, -0.25) is 0 Å². The van der Waals surface area contributed by atoms with E-state index < -0.39 is 0 Å². The first kappa shape index (κ1) is 16.7. The number of nitrogens with zero attached hydrogens (tertiary/aromatic N) is 3. The monoisotopic (exact) mass is 387 g/mol. The lowest BCUT2D eigenvalue weighted by Gasteiger charge is -2.08. The van der Waals surface area contributed by atoms with Crippen molar-refractivity contribution in [1.29, 1.82) is 0 Å². The van der Waals surface area contributed by atoms with Crippen LogP contribution >= 0.6 is 0 Å². The van der Waals surface area contributed by atoms with Crippen LogP contribution in [0.15, 0.2) is 108 Å². The van der Waals surface area contributed by atoms with Gasteiger partial charge in [0.05, 0.1) is 11.0 Å². The Labute approximate surface area is 173 Å². The van der Waals surface area contributed by atoms with Gasteiger partial charge in [-0.1, -0.05) is 60.7 Å². The van der Waals surface area contributed by atoms with Gasteiger partial charge in [0.25, 0.3) is 0 Å². The quantitative estimate of drug-likeness (QED) is 0.348. The summed E-state index contributed by atoms with van der Waals surface area (Å²) in [4.78, 5) is 0. The standard InChI is InChI=1S/C26H17N3O/c1-2-9-18(10-3-1)25-27-28-26(30-25)19-11-8-12-20(17-19)29-23-15-6-4-13-21(23)22-14-5-7-16-24(22)29/h1-17H. The van der Waals surface area contributed by atoms with Crippen LogP contribution in [0.1, 0.15) is 0 Å². The maximum Gasteiger partial charge on any atom is 0.248 e. The molecule has 0 unspecified atom stereocenters. The summed E-state index contributed by atoms with van der Waals surface area (Å²) in [5.74, 6) is 1.03. The van der Waals surface area contributed by atoms with Crippen molar-refractivity contribution in [3.63, 3.8) is 0 Å². The highest BCUT2D eigenvalue weighted by atomic mass is 16.4. The summed E-state index contributed by atoms with van der Waals surface area (Å²) in [6, 6.07) is 35.0. The van der Waals surface area contributed by atoms with Crippen LogP contribution < -0.4 is 0 Å². The normalized spacial score (nSPS) is 11.3. The van der Waals surface area contributed by atoms with E-state index in [1.807, 2.05) is 42.5 Å². The molecule has 0 atom stereocenters. The summed E-state index contributed by atoms with van der Waals surface area (Å²) >= 11 is 0. The maximum absolute atomic E-state index is 5.97. The average molecular weight is 387 g/mol. The maximum atomic E-state index is 5.97. The van der Waals surface area contributed by atoms with E-state index in [4.69, 9.17) is 4.42 Å². The topological polar surface area (TPSA) is 43.9 Å². The van der Waals surface area contributed by atoms with E-state index in [2.05, 4.69) is 75.4 Å². The molecule has 2 heterocycles. The van der Waals surface area contributed by atoms with Gasteiger partial charge in [0.1, 0.15) is 0 Å². The SMILES string of the molecule is c1ccc(-c2nnc(-c3cccc(-n4c5ccccc5c5ccccc54)c3)o2)cc1. The fraction of sp³-hybridized carbons (Fsp3) is 0. The molecule has 6 rings (SSSR count). The van der Waals surface area contributed by atoms with Gasteiger partial charge >= 0.3 is 0 Å². The van der Waals surface area contributed by atoms with Crippen LogP contribution in [-0.4, -0.2) is 14.8 Å². The van der Waals surface area contributed by atoms with Crippen LogP contribution in [0.25, 0.3) is 50.4 Å². The summed E-state index contributed by atoms with van der Waals surface area (Å²) in [5.41, 5.74) is 5.21. The Kier molecular flexibility index (Phi) is 3.74. The number of benzene rings is 4. The number of hydrogen-bond donors (Lipinski definition) is 0. The molecule has 4 aromatic carbocycles. The minimum absolute atomic E-state index is 0.511. The molecule has 0 aliphatic heterocycles. The molecule has 0 saturated carbocycles. The van der Waals surface area contributed by atoms with E-state index >= 15 is 0 Å². The zero-order chi connectivity index (χ0) is 19.9. The van der Waals surface area contributed by atoms with Gasteiger partial charge in [-0.25, -0.2) is 0 Å². The Morgan fingerprint density at radius 2 is 1.10 bits per heavy atom. The van der Waals surface area contributed by atoms with Crippen molar-refractivity contribution >= 4 is 21.8 Å². The summed E-state index contributed by atoms with van der Waals surface area (Å²) in [6.45, 7) is 0. The Morgan fingerprint density at radius 1 is 0.533 bits per heavy atom. The third kappa shape index (κ3) is 2.62. The van der Waals surface area contributed by atoms with Gasteiger partial charge in [0.2, 0.25) is 11.8 Å². The number of aromatic nitrogens is 3. The molecule has 0 bridgehead atoms. The van der Waals surface area contributed by atoms with Crippen molar-refractivity contribution in [1.82, 2.24) is 14.8 Å². The Hall–Kier alpha value is -4.18. The van der Waals surface area contributed by atoms with E-state index in [0.717, 1.165) is 16.8 Å². The molecule has 0 amide bonds. The number of fused-ring (bicyclic) bond motifs is 3. The van der Waals surface area contributed by atoms with Crippen molar-refractivity contribution < 1.29 is 4.42 Å². The molecule has 4 nitrogen and oxygen atoms in total. The van der Waals surface area contributed by atoms with Crippen LogP contribution in [-0.2, 0) is 0 Å². The second-order valence-corrected chi connectivity index (χ2v) is 7.20. The van der Waals surface area contributed by atoms with Gasteiger partial charge in [0, 0.05) is 27.6 Å². The first-order valence-corrected chi connectivity index (χ1v) is 9.86. The highest BCUT2D eigenvalue weighted by Crippen LogP contribution is 2.33. The lowest BCUT2D eigenvalue weighted by Crippen LogP contribution is -1.94. The molecule has 30 heavy (non-hydrogen) atoms. The Bertz CT molecular complexity index is 1440.